The Morgan fingerprint density at radius 3 is 2.88 bits per heavy atom. The van der Waals surface area contributed by atoms with Crippen LogP contribution in [-0.4, -0.2) is 37.3 Å². The molecule has 0 unspecified atom stereocenters. The van der Waals surface area contributed by atoms with Crippen molar-refractivity contribution in [2.75, 3.05) is 31.2 Å². The van der Waals surface area contributed by atoms with Gasteiger partial charge < -0.3 is 19.7 Å². The summed E-state index contributed by atoms with van der Waals surface area (Å²) >= 11 is 0. The lowest BCUT2D eigenvalue weighted by molar-refractivity contribution is 0.123. The summed E-state index contributed by atoms with van der Waals surface area (Å²) in [6.45, 7) is 5.10. The molecule has 2 aromatic carbocycles. The minimum absolute atomic E-state index is 0.460. The van der Waals surface area contributed by atoms with Gasteiger partial charge in [-0.05, 0) is 54.5 Å². The van der Waals surface area contributed by atoms with Gasteiger partial charge in [0.1, 0.15) is 12.4 Å². The molecule has 0 amide bonds. The zero-order valence-electron chi connectivity index (χ0n) is 19.2. The van der Waals surface area contributed by atoms with Gasteiger partial charge in [-0.1, -0.05) is 48.5 Å². The number of nitrogens with one attached hydrogen (secondary N) is 1. The Morgan fingerprint density at radius 1 is 1.06 bits per heavy atom. The monoisotopic (exact) mass is 443 g/mol. The van der Waals surface area contributed by atoms with Crippen molar-refractivity contribution in [3.63, 3.8) is 0 Å². The molecule has 1 N–H and O–H groups in total. The first-order valence-electron chi connectivity index (χ1n) is 12.1. The molecule has 1 fully saturated rings. The Labute approximate surface area is 196 Å². The highest BCUT2D eigenvalue weighted by molar-refractivity contribution is 5.52. The number of hydrogen-bond acceptors (Lipinski definition) is 5. The van der Waals surface area contributed by atoms with E-state index in [9.17, 15) is 0 Å². The average Bonchev–Trinajstić information content (AvgIpc) is 3.40. The highest BCUT2D eigenvalue weighted by Crippen LogP contribution is 2.29. The van der Waals surface area contributed by atoms with E-state index in [1.165, 1.54) is 35.1 Å². The lowest BCUT2D eigenvalue weighted by Crippen LogP contribution is -2.31. The van der Waals surface area contributed by atoms with Crippen LogP contribution >= 0.6 is 0 Å². The summed E-state index contributed by atoms with van der Waals surface area (Å²) in [5.74, 6) is 0.856. The molecule has 2 aliphatic rings. The summed E-state index contributed by atoms with van der Waals surface area (Å²) < 4.78 is 12.0. The van der Waals surface area contributed by atoms with E-state index in [1.54, 1.807) is 0 Å². The number of benzene rings is 2. The van der Waals surface area contributed by atoms with E-state index in [0.717, 1.165) is 50.5 Å². The van der Waals surface area contributed by atoms with Gasteiger partial charge in [0.15, 0.2) is 0 Å². The third kappa shape index (κ3) is 5.73. The Balaban J connectivity index is 1.20. The predicted octanol–water partition coefficient (Wildman–Crippen LogP) is 4.53. The molecular formula is C28H33N3O2. The largest absolute Gasteiger partial charge is 0.490 e. The number of anilines is 1. The third-order valence-corrected chi connectivity index (χ3v) is 6.67. The molecule has 0 radical (unpaired) electrons. The second-order valence-electron chi connectivity index (χ2n) is 9.00. The van der Waals surface area contributed by atoms with E-state index in [0.29, 0.717) is 19.3 Å². The Hall–Kier alpha value is -2.89. The van der Waals surface area contributed by atoms with Crippen LogP contribution in [-0.2, 0) is 30.7 Å². The fourth-order valence-corrected chi connectivity index (χ4v) is 4.81. The molecule has 1 aromatic heterocycles. The second kappa shape index (κ2) is 10.8. The van der Waals surface area contributed by atoms with Gasteiger partial charge in [0.25, 0.3) is 0 Å². The minimum atomic E-state index is 0.460. The van der Waals surface area contributed by atoms with Crippen LogP contribution in [0.15, 0.2) is 67.0 Å². The first kappa shape index (κ1) is 21.9. The van der Waals surface area contributed by atoms with Gasteiger partial charge >= 0.3 is 0 Å². The number of hydrogen-bond donors (Lipinski definition) is 1. The van der Waals surface area contributed by atoms with Crippen LogP contribution in [0.2, 0.25) is 0 Å². The van der Waals surface area contributed by atoms with Gasteiger partial charge in [-0.3, -0.25) is 4.98 Å². The molecule has 5 heteroatoms. The van der Waals surface area contributed by atoms with Crippen LogP contribution < -0.4 is 15.0 Å². The van der Waals surface area contributed by atoms with Crippen LogP contribution in [0.5, 0.6) is 5.75 Å². The van der Waals surface area contributed by atoms with Gasteiger partial charge in [-0.25, -0.2) is 0 Å². The molecule has 0 spiro atoms. The normalized spacial score (nSPS) is 17.7. The van der Waals surface area contributed by atoms with E-state index in [4.69, 9.17) is 9.47 Å². The van der Waals surface area contributed by atoms with Crippen LogP contribution in [0.4, 0.5) is 5.69 Å². The molecule has 0 saturated carbocycles. The smallest absolute Gasteiger partial charge is 0.139 e. The zero-order valence-corrected chi connectivity index (χ0v) is 19.2. The quantitative estimate of drug-likeness (QED) is 0.492. The lowest BCUT2D eigenvalue weighted by Gasteiger charge is -2.32. The highest BCUT2D eigenvalue weighted by Gasteiger charge is 2.20. The molecule has 3 heterocycles. The van der Waals surface area contributed by atoms with Crippen molar-refractivity contribution >= 4 is 5.69 Å². The SMILES string of the molecule is c1ccc(COCCc2cccc3c2CN(c2cncc(OC[C@@H]4CCCN4)c2)CC3)cc1. The lowest BCUT2D eigenvalue weighted by atomic mass is 9.93. The molecule has 5 nitrogen and oxygen atoms in total. The summed E-state index contributed by atoms with van der Waals surface area (Å²) in [5.41, 5.74) is 6.63. The van der Waals surface area contributed by atoms with Gasteiger partial charge in [-0.15, -0.1) is 0 Å². The van der Waals surface area contributed by atoms with Crippen molar-refractivity contribution in [1.29, 1.82) is 0 Å². The Bertz CT molecular complexity index is 1030. The summed E-state index contributed by atoms with van der Waals surface area (Å²) in [7, 11) is 0. The molecule has 1 saturated heterocycles. The van der Waals surface area contributed by atoms with Crippen molar-refractivity contribution in [2.24, 2.45) is 0 Å². The number of rotatable bonds is 9. The second-order valence-corrected chi connectivity index (χ2v) is 9.00. The van der Waals surface area contributed by atoms with E-state index in [2.05, 4.69) is 63.7 Å². The average molecular weight is 444 g/mol. The Kier molecular flexibility index (Phi) is 7.19. The Morgan fingerprint density at radius 2 is 2.00 bits per heavy atom. The summed E-state index contributed by atoms with van der Waals surface area (Å²) in [6, 6.07) is 19.7. The maximum atomic E-state index is 6.05. The van der Waals surface area contributed by atoms with Crippen LogP contribution in [0, 0.1) is 0 Å². The number of fused-ring (bicyclic) bond motifs is 1. The van der Waals surface area contributed by atoms with Crippen LogP contribution in [0.1, 0.15) is 35.1 Å². The third-order valence-electron chi connectivity index (χ3n) is 6.67. The fourth-order valence-electron chi connectivity index (χ4n) is 4.81. The first-order valence-corrected chi connectivity index (χ1v) is 12.1. The number of pyridine rings is 1. The van der Waals surface area contributed by atoms with Crippen molar-refractivity contribution in [2.45, 2.75) is 44.9 Å². The molecule has 1 atom stereocenters. The molecule has 0 aliphatic carbocycles. The number of ether oxygens (including phenoxy) is 2. The molecule has 5 rings (SSSR count). The topological polar surface area (TPSA) is 46.6 Å². The standard InChI is InChI=1S/C28H33N3O2/c1-2-6-22(7-3-1)20-32-15-12-24-9-4-8-23-11-14-31(19-28(23)24)26-16-27(18-29-17-26)33-21-25-10-5-13-30-25/h1-4,6-9,16-18,25,30H,5,10-15,19-21H2/t25-/m0/s1. The van der Waals surface area contributed by atoms with Gasteiger partial charge in [0, 0.05) is 25.2 Å². The number of nitrogens with zero attached hydrogens (tertiary/aromatic N) is 2. The molecular weight excluding hydrogens is 410 g/mol. The van der Waals surface area contributed by atoms with Gasteiger partial charge in [0.05, 0.1) is 31.3 Å². The highest BCUT2D eigenvalue weighted by atomic mass is 16.5. The summed E-state index contributed by atoms with van der Waals surface area (Å²) in [6.07, 6.45) is 8.18. The molecule has 33 heavy (non-hydrogen) atoms. The summed E-state index contributed by atoms with van der Waals surface area (Å²) in [4.78, 5) is 6.89. The fraction of sp³-hybridized carbons (Fsp3) is 0.393. The first-order chi connectivity index (χ1) is 16.3. The van der Waals surface area contributed by atoms with Crippen molar-refractivity contribution in [3.05, 3.63) is 89.2 Å². The maximum absolute atomic E-state index is 6.05. The predicted molar refractivity (Wildman–Crippen MR) is 132 cm³/mol. The van der Waals surface area contributed by atoms with E-state index in [1.807, 2.05) is 18.5 Å². The van der Waals surface area contributed by atoms with Crippen molar-refractivity contribution in [3.8, 4) is 5.75 Å². The van der Waals surface area contributed by atoms with Gasteiger partial charge in [-0.2, -0.15) is 0 Å². The zero-order chi connectivity index (χ0) is 22.3. The minimum Gasteiger partial charge on any atom is -0.490 e. The van der Waals surface area contributed by atoms with E-state index < -0.39 is 0 Å². The molecule has 0 bridgehead atoms. The molecule has 3 aromatic rings. The number of aromatic nitrogens is 1. The van der Waals surface area contributed by atoms with Crippen LogP contribution in [0.3, 0.4) is 0 Å². The van der Waals surface area contributed by atoms with E-state index in [-0.39, 0.29) is 0 Å². The summed E-state index contributed by atoms with van der Waals surface area (Å²) in [5, 5.41) is 3.49. The van der Waals surface area contributed by atoms with E-state index >= 15 is 0 Å². The molecule has 172 valence electrons. The maximum Gasteiger partial charge on any atom is 0.139 e. The van der Waals surface area contributed by atoms with Gasteiger partial charge in [0.2, 0.25) is 0 Å². The van der Waals surface area contributed by atoms with Crippen LogP contribution in [0.25, 0.3) is 0 Å². The molecule has 2 aliphatic heterocycles. The van der Waals surface area contributed by atoms with Crippen molar-refractivity contribution < 1.29 is 9.47 Å². The van der Waals surface area contributed by atoms with Crippen molar-refractivity contribution in [1.82, 2.24) is 10.3 Å².